The number of rotatable bonds is 3. The molecule has 0 atom stereocenters. The van der Waals surface area contributed by atoms with Gasteiger partial charge in [-0.2, -0.15) is 0 Å². The van der Waals surface area contributed by atoms with Gasteiger partial charge in [-0.05, 0) is 61.6 Å². The highest BCUT2D eigenvalue weighted by molar-refractivity contribution is 5.99. The number of H-pyrrole nitrogens is 2. The molecule has 1 saturated heterocycles. The minimum Gasteiger partial charge on any atom is -0.351 e. The lowest BCUT2D eigenvalue weighted by Crippen LogP contribution is -2.40. The number of piperidine rings is 1. The molecule has 0 bridgehead atoms. The van der Waals surface area contributed by atoms with Crippen molar-refractivity contribution in [1.82, 2.24) is 19.4 Å². The number of hydrogen-bond acceptors (Lipinski definition) is 2. The largest absolute Gasteiger partial charge is 0.351 e. The Bertz CT molecular complexity index is 1300. The molecule has 2 aromatic heterocycles. The van der Waals surface area contributed by atoms with Gasteiger partial charge in [-0.1, -0.05) is 25.1 Å². The Kier molecular flexibility index (Phi) is 4.50. The summed E-state index contributed by atoms with van der Waals surface area (Å²) in [6.45, 7) is 5.55. The normalized spacial score (nSPS) is 15.3. The fourth-order valence-corrected chi connectivity index (χ4v) is 4.89. The molecule has 3 heterocycles. The Morgan fingerprint density at radius 3 is 2.60 bits per heavy atom. The molecule has 6 heteroatoms. The first-order valence-electron chi connectivity index (χ1n) is 10.7. The van der Waals surface area contributed by atoms with E-state index in [9.17, 15) is 9.59 Å². The van der Waals surface area contributed by atoms with Crippen LogP contribution < -0.4 is 5.69 Å². The van der Waals surface area contributed by atoms with Crippen LogP contribution in [-0.2, 0) is 6.42 Å². The van der Waals surface area contributed by atoms with Crippen molar-refractivity contribution >= 4 is 27.8 Å². The number of likely N-dealkylation sites (tertiary alicyclic amines) is 1. The predicted molar refractivity (Wildman–Crippen MR) is 119 cm³/mol. The smallest absolute Gasteiger partial charge is 0.326 e. The molecule has 5 rings (SSSR count). The van der Waals surface area contributed by atoms with Gasteiger partial charge in [0.15, 0.2) is 0 Å². The molecule has 1 aliphatic rings. The van der Waals surface area contributed by atoms with Gasteiger partial charge in [-0.3, -0.25) is 9.36 Å². The summed E-state index contributed by atoms with van der Waals surface area (Å²) >= 11 is 0. The van der Waals surface area contributed by atoms with Crippen molar-refractivity contribution in [3.63, 3.8) is 0 Å². The van der Waals surface area contributed by atoms with Gasteiger partial charge in [0.25, 0.3) is 5.91 Å². The van der Waals surface area contributed by atoms with Crippen LogP contribution in [0.15, 0.2) is 47.3 Å². The molecule has 0 unspecified atom stereocenters. The third-order valence-electron chi connectivity index (χ3n) is 6.47. The van der Waals surface area contributed by atoms with E-state index in [0.717, 1.165) is 41.2 Å². The number of imidazole rings is 1. The third-order valence-corrected chi connectivity index (χ3v) is 6.47. The molecule has 1 aliphatic heterocycles. The van der Waals surface area contributed by atoms with Crippen LogP contribution in [-0.4, -0.2) is 38.4 Å². The Balaban J connectivity index is 1.37. The zero-order valence-electron chi connectivity index (χ0n) is 17.4. The van der Waals surface area contributed by atoms with E-state index in [1.54, 1.807) is 0 Å². The van der Waals surface area contributed by atoms with Crippen LogP contribution in [0.4, 0.5) is 0 Å². The number of carbonyl (C=O) groups is 1. The van der Waals surface area contributed by atoms with E-state index in [-0.39, 0.29) is 17.6 Å². The SMILES string of the molecule is CCc1c(C)ccc2[nH]c(C(=O)N3CCC(n4c(=O)[nH]c5ccccc54)CC3)cc12. The molecule has 0 radical (unpaired) electrons. The van der Waals surface area contributed by atoms with E-state index in [0.29, 0.717) is 18.8 Å². The molecular formula is C24H26N4O2. The van der Waals surface area contributed by atoms with Gasteiger partial charge in [0.1, 0.15) is 5.69 Å². The van der Waals surface area contributed by atoms with Crippen molar-refractivity contribution in [1.29, 1.82) is 0 Å². The molecule has 154 valence electrons. The molecule has 0 aliphatic carbocycles. The lowest BCUT2D eigenvalue weighted by atomic mass is 10.0. The predicted octanol–water partition coefficient (Wildman–Crippen LogP) is 4.16. The van der Waals surface area contributed by atoms with Crippen molar-refractivity contribution in [3.8, 4) is 0 Å². The molecule has 30 heavy (non-hydrogen) atoms. The van der Waals surface area contributed by atoms with Crippen molar-refractivity contribution in [3.05, 3.63) is 69.8 Å². The van der Waals surface area contributed by atoms with E-state index in [1.807, 2.05) is 39.8 Å². The van der Waals surface area contributed by atoms with E-state index in [1.165, 1.54) is 11.1 Å². The third kappa shape index (κ3) is 2.95. The van der Waals surface area contributed by atoms with Crippen LogP contribution in [0.2, 0.25) is 0 Å². The maximum atomic E-state index is 13.1. The molecule has 0 saturated carbocycles. The van der Waals surface area contributed by atoms with Crippen molar-refractivity contribution in [2.45, 2.75) is 39.2 Å². The maximum Gasteiger partial charge on any atom is 0.326 e. The molecule has 1 fully saturated rings. The number of aromatic amines is 2. The maximum absolute atomic E-state index is 13.1. The molecular weight excluding hydrogens is 376 g/mol. The second-order valence-electron chi connectivity index (χ2n) is 8.20. The fourth-order valence-electron chi connectivity index (χ4n) is 4.89. The molecule has 1 amide bonds. The van der Waals surface area contributed by atoms with Crippen LogP contribution in [0.1, 0.15) is 47.4 Å². The van der Waals surface area contributed by atoms with Gasteiger partial charge < -0.3 is 14.9 Å². The molecule has 2 aromatic carbocycles. The quantitative estimate of drug-likeness (QED) is 0.540. The average molecular weight is 402 g/mol. The van der Waals surface area contributed by atoms with E-state index in [4.69, 9.17) is 0 Å². The summed E-state index contributed by atoms with van der Waals surface area (Å²) in [5, 5.41) is 1.14. The standard InChI is InChI=1S/C24H26N4O2/c1-3-17-15(2)8-9-19-18(17)14-21(25-19)23(29)27-12-10-16(11-13-27)28-22-7-5-4-6-20(22)26-24(28)30/h4-9,14,16,25H,3,10-13H2,1-2H3,(H,26,30). The van der Waals surface area contributed by atoms with E-state index in [2.05, 4.69) is 35.9 Å². The zero-order chi connectivity index (χ0) is 20.8. The van der Waals surface area contributed by atoms with E-state index >= 15 is 0 Å². The first-order valence-corrected chi connectivity index (χ1v) is 10.7. The van der Waals surface area contributed by atoms with Gasteiger partial charge in [0.2, 0.25) is 0 Å². The number of nitrogens with zero attached hydrogens (tertiary/aromatic N) is 2. The highest BCUT2D eigenvalue weighted by Crippen LogP contribution is 2.28. The first-order chi connectivity index (χ1) is 14.6. The Labute approximate surface area is 174 Å². The molecule has 6 nitrogen and oxygen atoms in total. The fraction of sp³-hybridized carbons (Fsp3) is 0.333. The number of aryl methyl sites for hydroxylation is 2. The Morgan fingerprint density at radius 2 is 1.83 bits per heavy atom. The topological polar surface area (TPSA) is 73.9 Å². The van der Waals surface area contributed by atoms with Gasteiger partial charge in [-0.15, -0.1) is 0 Å². The van der Waals surface area contributed by atoms with Crippen molar-refractivity contribution < 1.29 is 4.79 Å². The second-order valence-corrected chi connectivity index (χ2v) is 8.20. The lowest BCUT2D eigenvalue weighted by Gasteiger charge is -2.32. The summed E-state index contributed by atoms with van der Waals surface area (Å²) in [5.41, 5.74) is 5.94. The van der Waals surface area contributed by atoms with Gasteiger partial charge in [0, 0.05) is 30.0 Å². The Morgan fingerprint density at radius 1 is 1.07 bits per heavy atom. The van der Waals surface area contributed by atoms with Gasteiger partial charge in [-0.25, -0.2) is 4.79 Å². The molecule has 4 aromatic rings. The van der Waals surface area contributed by atoms with Gasteiger partial charge in [0.05, 0.1) is 11.0 Å². The monoisotopic (exact) mass is 402 g/mol. The van der Waals surface area contributed by atoms with Crippen LogP contribution in [0.25, 0.3) is 21.9 Å². The minimum absolute atomic E-state index is 0.0376. The summed E-state index contributed by atoms with van der Waals surface area (Å²) in [4.78, 5) is 33.8. The summed E-state index contributed by atoms with van der Waals surface area (Å²) in [6.07, 6.45) is 2.49. The highest BCUT2D eigenvalue weighted by atomic mass is 16.2. The zero-order valence-corrected chi connectivity index (χ0v) is 17.4. The van der Waals surface area contributed by atoms with E-state index < -0.39 is 0 Å². The first kappa shape index (κ1) is 18.7. The minimum atomic E-state index is -0.0703. The molecule has 2 N–H and O–H groups in total. The number of para-hydroxylation sites is 2. The van der Waals surface area contributed by atoms with Gasteiger partial charge >= 0.3 is 5.69 Å². The van der Waals surface area contributed by atoms with Crippen molar-refractivity contribution in [2.75, 3.05) is 13.1 Å². The number of hydrogen-bond donors (Lipinski definition) is 2. The van der Waals surface area contributed by atoms with Crippen LogP contribution in [0, 0.1) is 6.92 Å². The number of amides is 1. The number of benzene rings is 2. The average Bonchev–Trinajstić information content (AvgIpc) is 3.33. The second kappa shape index (κ2) is 7.20. The number of fused-ring (bicyclic) bond motifs is 2. The lowest BCUT2D eigenvalue weighted by molar-refractivity contribution is 0.0690. The summed E-state index contributed by atoms with van der Waals surface area (Å²) < 4.78 is 1.86. The van der Waals surface area contributed by atoms with Crippen LogP contribution >= 0.6 is 0 Å². The van der Waals surface area contributed by atoms with Crippen LogP contribution in [0.3, 0.4) is 0 Å². The summed E-state index contributed by atoms with van der Waals surface area (Å²) in [6, 6.07) is 14.0. The molecule has 0 spiro atoms. The number of carbonyl (C=O) groups excluding carboxylic acids is 1. The Hall–Kier alpha value is -3.28. The summed E-state index contributed by atoms with van der Waals surface area (Å²) in [7, 11) is 0. The number of nitrogens with one attached hydrogen (secondary N) is 2. The van der Waals surface area contributed by atoms with Crippen LogP contribution in [0.5, 0.6) is 0 Å². The van der Waals surface area contributed by atoms with Crippen molar-refractivity contribution in [2.24, 2.45) is 0 Å². The number of aromatic nitrogens is 3. The highest BCUT2D eigenvalue weighted by Gasteiger charge is 2.27. The summed E-state index contributed by atoms with van der Waals surface area (Å²) in [5.74, 6) is 0.0376.